The van der Waals surface area contributed by atoms with Gasteiger partial charge in [-0.25, -0.2) is 4.99 Å². The van der Waals surface area contributed by atoms with E-state index in [1.807, 2.05) is 52.0 Å². The molecule has 136 valence electrons. The van der Waals surface area contributed by atoms with Crippen LogP contribution in [0.4, 0.5) is 0 Å². The molecule has 7 heteroatoms. The molecule has 0 fully saturated rings. The number of guanidine groups is 1. The van der Waals surface area contributed by atoms with Crippen molar-refractivity contribution in [3.8, 4) is 0 Å². The number of halogens is 2. The van der Waals surface area contributed by atoms with E-state index >= 15 is 0 Å². The molecule has 0 atom stereocenters. The molecule has 0 saturated carbocycles. The molecular formula is C17H28ClIN4O. The molecule has 3 N–H and O–H groups in total. The Morgan fingerprint density at radius 1 is 1.17 bits per heavy atom. The van der Waals surface area contributed by atoms with Crippen molar-refractivity contribution in [3.63, 3.8) is 0 Å². The van der Waals surface area contributed by atoms with Crippen LogP contribution in [0.5, 0.6) is 0 Å². The van der Waals surface area contributed by atoms with Crippen LogP contribution in [-0.2, 0) is 11.2 Å². The maximum atomic E-state index is 11.8. The fraction of sp³-hybridized carbons (Fsp3) is 0.529. The summed E-state index contributed by atoms with van der Waals surface area (Å²) >= 11 is 5.87. The van der Waals surface area contributed by atoms with Gasteiger partial charge in [0.1, 0.15) is 6.54 Å². The van der Waals surface area contributed by atoms with E-state index in [0.717, 1.165) is 24.5 Å². The summed E-state index contributed by atoms with van der Waals surface area (Å²) in [6, 6.07) is 7.77. The normalized spacial score (nSPS) is 11.5. The first-order valence-corrected chi connectivity index (χ1v) is 8.25. The fourth-order valence-corrected chi connectivity index (χ4v) is 2.05. The second-order valence-electron chi connectivity index (χ2n) is 6.30. The Morgan fingerprint density at radius 2 is 1.79 bits per heavy atom. The van der Waals surface area contributed by atoms with Crippen molar-refractivity contribution in [1.29, 1.82) is 0 Å². The second kappa shape index (κ2) is 11.5. The third-order valence-electron chi connectivity index (χ3n) is 2.86. The third kappa shape index (κ3) is 10.7. The van der Waals surface area contributed by atoms with Crippen LogP contribution >= 0.6 is 35.6 Å². The maximum Gasteiger partial charge on any atom is 0.242 e. The van der Waals surface area contributed by atoms with Gasteiger partial charge in [-0.3, -0.25) is 4.79 Å². The lowest BCUT2D eigenvalue weighted by atomic mass is 10.1. The Balaban J connectivity index is 0.00000529. The van der Waals surface area contributed by atoms with Crippen LogP contribution < -0.4 is 16.0 Å². The molecule has 0 aromatic heterocycles. The van der Waals surface area contributed by atoms with Gasteiger partial charge < -0.3 is 16.0 Å². The molecule has 0 unspecified atom stereocenters. The minimum Gasteiger partial charge on any atom is -0.357 e. The summed E-state index contributed by atoms with van der Waals surface area (Å²) in [4.78, 5) is 16.1. The lowest BCUT2D eigenvalue weighted by molar-refractivity contribution is -0.121. The number of hydrogen-bond donors (Lipinski definition) is 3. The number of aliphatic imine (C=N–C) groups is 1. The Labute approximate surface area is 167 Å². The average molecular weight is 467 g/mol. The van der Waals surface area contributed by atoms with Crippen LogP contribution in [0, 0.1) is 0 Å². The molecule has 1 rings (SSSR count). The number of amides is 1. The van der Waals surface area contributed by atoms with E-state index in [9.17, 15) is 4.79 Å². The molecule has 1 aromatic rings. The van der Waals surface area contributed by atoms with E-state index < -0.39 is 0 Å². The molecule has 0 spiro atoms. The van der Waals surface area contributed by atoms with Gasteiger partial charge in [-0.05, 0) is 51.8 Å². The van der Waals surface area contributed by atoms with Gasteiger partial charge in [0.05, 0.1) is 0 Å². The summed E-state index contributed by atoms with van der Waals surface area (Å²) in [6.07, 6.45) is 0.857. The summed E-state index contributed by atoms with van der Waals surface area (Å²) in [5.74, 6) is 0.554. The quantitative estimate of drug-likeness (QED) is 0.343. The van der Waals surface area contributed by atoms with Gasteiger partial charge in [0, 0.05) is 23.7 Å². The van der Waals surface area contributed by atoms with E-state index in [-0.39, 0.29) is 42.0 Å². The molecule has 0 aliphatic carbocycles. The van der Waals surface area contributed by atoms with Crippen molar-refractivity contribution in [3.05, 3.63) is 34.9 Å². The number of rotatable bonds is 6. The molecule has 5 nitrogen and oxygen atoms in total. The number of carbonyl (C=O) groups excluding carboxylic acids is 1. The molecule has 1 amide bonds. The SMILES string of the molecule is CCNC(=NCC(=O)NC(C)(C)C)NCCc1ccc(Cl)cc1.I. The third-order valence-corrected chi connectivity index (χ3v) is 3.11. The van der Waals surface area contributed by atoms with Crippen molar-refractivity contribution in [2.24, 2.45) is 4.99 Å². The number of hydrogen-bond acceptors (Lipinski definition) is 2. The number of benzene rings is 1. The number of nitrogens with zero attached hydrogens (tertiary/aromatic N) is 1. The molecule has 24 heavy (non-hydrogen) atoms. The highest BCUT2D eigenvalue weighted by Gasteiger charge is 2.13. The van der Waals surface area contributed by atoms with Gasteiger partial charge in [0.15, 0.2) is 5.96 Å². The van der Waals surface area contributed by atoms with Crippen LogP contribution in [0.25, 0.3) is 0 Å². The zero-order chi connectivity index (χ0) is 17.3. The monoisotopic (exact) mass is 466 g/mol. The first-order valence-electron chi connectivity index (χ1n) is 7.88. The molecule has 1 aromatic carbocycles. The smallest absolute Gasteiger partial charge is 0.242 e. The minimum absolute atomic E-state index is 0. The molecule has 0 aliphatic heterocycles. The minimum atomic E-state index is -0.243. The van der Waals surface area contributed by atoms with Crippen molar-refractivity contribution in [2.75, 3.05) is 19.6 Å². The largest absolute Gasteiger partial charge is 0.357 e. The van der Waals surface area contributed by atoms with E-state index in [1.54, 1.807) is 0 Å². The highest BCUT2D eigenvalue weighted by Crippen LogP contribution is 2.09. The summed E-state index contributed by atoms with van der Waals surface area (Å²) in [6.45, 7) is 9.42. The lowest BCUT2D eigenvalue weighted by Gasteiger charge is -2.20. The van der Waals surface area contributed by atoms with Crippen molar-refractivity contribution < 1.29 is 4.79 Å². The van der Waals surface area contributed by atoms with E-state index in [1.165, 1.54) is 5.56 Å². The van der Waals surface area contributed by atoms with Crippen LogP contribution in [0.1, 0.15) is 33.3 Å². The second-order valence-corrected chi connectivity index (χ2v) is 6.73. The standard InChI is InChI=1S/C17H27ClN4O.HI/c1-5-19-16(21-12-15(23)22-17(2,3)4)20-11-10-13-6-8-14(18)9-7-13;/h6-9H,5,10-12H2,1-4H3,(H,22,23)(H2,19,20,21);1H. The number of nitrogens with one attached hydrogen (secondary N) is 3. The molecule has 0 heterocycles. The van der Waals surface area contributed by atoms with Gasteiger partial charge >= 0.3 is 0 Å². The Kier molecular flexibility index (Phi) is 11.0. The predicted molar refractivity (Wildman–Crippen MR) is 112 cm³/mol. The predicted octanol–water partition coefficient (Wildman–Crippen LogP) is 2.97. The molecular weight excluding hydrogens is 439 g/mol. The Bertz CT molecular complexity index is 526. The summed E-state index contributed by atoms with van der Waals surface area (Å²) in [5, 5.41) is 9.99. The highest BCUT2D eigenvalue weighted by atomic mass is 127. The molecule has 0 aliphatic rings. The van der Waals surface area contributed by atoms with Crippen molar-refractivity contribution in [1.82, 2.24) is 16.0 Å². The van der Waals surface area contributed by atoms with E-state index in [4.69, 9.17) is 11.6 Å². The van der Waals surface area contributed by atoms with Gasteiger partial charge in [-0.2, -0.15) is 0 Å². The average Bonchev–Trinajstić information content (AvgIpc) is 2.45. The first-order chi connectivity index (χ1) is 10.8. The molecule has 0 saturated heterocycles. The van der Waals surface area contributed by atoms with Gasteiger partial charge in [0.2, 0.25) is 5.91 Å². The Hall–Kier alpha value is -1.02. The van der Waals surface area contributed by atoms with Gasteiger partial charge in [0.25, 0.3) is 0 Å². The summed E-state index contributed by atoms with van der Waals surface area (Å²) in [7, 11) is 0. The zero-order valence-corrected chi connectivity index (χ0v) is 17.9. The van der Waals surface area contributed by atoms with Gasteiger partial charge in [-0.1, -0.05) is 23.7 Å². The van der Waals surface area contributed by atoms with Crippen molar-refractivity contribution in [2.45, 2.75) is 39.7 Å². The summed E-state index contributed by atoms with van der Waals surface area (Å²) < 4.78 is 0. The molecule has 0 radical (unpaired) electrons. The zero-order valence-electron chi connectivity index (χ0n) is 14.8. The Morgan fingerprint density at radius 3 is 2.33 bits per heavy atom. The lowest BCUT2D eigenvalue weighted by Crippen LogP contribution is -2.43. The van der Waals surface area contributed by atoms with Crippen LogP contribution in [0.15, 0.2) is 29.3 Å². The van der Waals surface area contributed by atoms with Crippen LogP contribution in [0.2, 0.25) is 5.02 Å². The van der Waals surface area contributed by atoms with E-state index in [0.29, 0.717) is 5.96 Å². The highest BCUT2D eigenvalue weighted by molar-refractivity contribution is 14.0. The maximum absolute atomic E-state index is 11.8. The topological polar surface area (TPSA) is 65.5 Å². The number of carbonyl (C=O) groups is 1. The van der Waals surface area contributed by atoms with Crippen LogP contribution in [-0.4, -0.2) is 37.0 Å². The summed E-state index contributed by atoms with van der Waals surface area (Å²) in [5.41, 5.74) is 0.954. The first kappa shape index (κ1) is 23.0. The fourth-order valence-electron chi connectivity index (χ4n) is 1.93. The van der Waals surface area contributed by atoms with E-state index in [2.05, 4.69) is 20.9 Å². The van der Waals surface area contributed by atoms with Crippen molar-refractivity contribution >= 4 is 47.4 Å². The van der Waals surface area contributed by atoms with Gasteiger partial charge in [-0.15, -0.1) is 24.0 Å². The molecule has 0 bridgehead atoms. The van der Waals surface area contributed by atoms with Crippen LogP contribution in [0.3, 0.4) is 0 Å².